The lowest BCUT2D eigenvalue weighted by atomic mass is 10.1. The highest BCUT2D eigenvalue weighted by atomic mass is 19.1. The number of nitrogens with two attached hydrogens (primary N) is 1. The second-order valence-corrected chi connectivity index (χ2v) is 2.09. The molecule has 1 radical (unpaired) electrons. The largest absolute Gasteiger partial charge is 0.399 e. The normalized spacial score (nSPS) is 9.80. The van der Waals surface area contributed by atoms with Crippen molar-refractivity contribution in [2.24, 2.45) is 0 Å². The van der Waals surface area contributed by atoms with Crippen LogP contribution in [0.3, 0.4) is 0 Å². The molecule has 0 aliphatic heterocycles. The summed E-state index contributed by atoms with van der Waals surface area (Å²) in [5.74, 6) is -0.257. The van der Waals surface area contributed by atoms with Crippen molar-refractivity contribution in [1.29, 1.82) is 0 Å². The Labute approximate surface area is 59.7 Å². The number of hydrogen-bond acceptors (Lipinski definition) is 1. The maximum atomic E-state index is 12.5. The van der Waals surface area contributed by atoms with Gasteiger partial charge in [0.2, 0.25) is 0 Å². The van der Waals surface area contributed by atoms with Gasteiger partial charge in [-0.1, -0.05) is 0 Å². The summed E-state index contributed by atoms with van der Waals surface area (Å²) in [5.41, 5.74) is 6.86. The molecule has 0 aliphatic rings. The van der Waals surface area contributed by atoms with Crippen LogP contribution in [0.2, 0.25) is 0 Å². The van der Waals surface area contributed by atoms with Crippen LogP contribution in [-0.4, -0.2) is 0 Å². The fourth-order valence-corrected chi connectivity index (χ4v) is 0.791. The molecule has 1 nitrogen and oxygen atoms in total. The molecule has 0 atom stereocenters. The van der Waals surface area contributed by atoms with Crippen molar-refractivity contribution in [2.45, 2.75) is 6.42 Å². The van der Waals surface area contributed by atoms with E-state index in [1.807, 2.05) is 0 Å². The maximum absolute atomic E-state index is 12.5. The maximum Gasteiger partial charge on any atom is 0.123 e. The fourth-order valence-electron chi connectivity index (χ4n) is 0.791. The molecule has 0 aliphatic carbocycles. The molecular weight excluding hydrogens is 129 g/mol. The highest BCUT2D eigenvalue weighted by Gasteiger charge is 1.96. The van der Waals surface area contributed by atoms with Crippen LogP contribution in [0.5, 0.6) is 0 Å². The third-order valence-electron chi connectivity index (χ3n) is 1.37. The Morgan fingerprint density at radius 2 is 2.20 bits per heavy atom. The Balaban J connectivity index is 3.09. The molecule has 2 N–H and O–H groups in total. The van der Waals surface area contributed by atoms with E-state index in [1.165, 1.54) is 12.1 Å². The molecule has 0 heterocycles. The Morgan fingerprint density at radius 1 is 1.50 bits per heavy atom. The lowest BCUT2D eigenvalue weighted by Gasteiger charge is -2.00. The van der Waals surface area contributed by atoms with Gasteiger partial charge in [-0.25, -0.2) is 4.39 Å². The van der Waals surface area contributed by atoms with Crippen LogP contribution in [0, 0.1) is 12.7 Å². The molecule has 1 aromatic carbocycles. The molecule has 0 fully saturated rings. The van der Waals surface area contributed by atoms with E-state index < -0.39 is 0 Å². The Hall–Kier alpha value is -1.05. The molecule has 0 amide bonds. The van der Waals surface area contributed by atoms with Crippen molar-refractivity contribution in [3.63, 3.8) is 0 Å². The minimum atomic E-state index is -0.257. The van der Waals surface area contributed by atoms with Crippen molar-refractivity contribution in [3.05, 3.63) is 36.5 Å². The molecular formula is C8H9FN. The van der Waals surface area contributed by atoms with Crippen LogP contribution in [0.15, 0.2) is 18.2 Å². The van der Waals surface area contributed by atoms with Crippen molar-refractivity contribution in [3.8, 4) is 0 Å². The van der Waals surface area contributed by atoms with Crippen LogP contribution in [-0.2, 0) is 6.42 Å². The Bertz CT molecular complexity index is 233. The van der Waals surface area contributed by atoms with Gasteiger partial charge in [-0.05, 0) is 37.1 Å². The first-order valence-corrected chi connectivity index (χ1v) is 3.07. The van der Waals surface area contributed by atoms with Crippen LogP contribution < -0.4 is 5.73 Å². The number of rotatable bonds is 1. The van der Waals surface area contributed by atoms with E-state index in [0.717, 1.165) is 5.56 Å². The van der Waals surface area contributed by atoms with Crippen molar-refractivity contribution >= 4 is 5.69 Å². The Kier molecular flexibility index (Phi) is 1.90. The van der Waals surface area contributed by atoms with Gasteiger partial charge < -0.3 is 5.73 Å². The van der Waals surface area contributed by atoms with Gasteiger partial charge in [0.25, 0.3) is 0 Å². The summed E-state index contributed by atoms with van der Waals surface area (Å²) < 4.78 is 12.5. The highest BCUT2D eigenvalue weighted by molar-refractivity contribution is 5.46. The van der Waals surface area contributed by atoms with Crippen LogP contribution in [0.4, 0.5) is 10.1 Å². The van der Waals surface area contributed by atoms with Gasteiger partial charge in [0.1, 0.15) is 5.82 Å². The summed E-state index contributed by atoms with van der Waals surface area (Å²) in [4.78, 5) is 0. The average Bonchev–Trinajstić information content (AvgIpc) is 1.94. The summed E-state index contributed by atoms with van der Waals surface area (Å²) in [6.07, 6.45) is 0.531. The standard InChI is InChI=1S/C8H9FN/c1-2-6-5-7(9)3-4-8(6)10/h3-5H,1-2,10H2. The first kappa shape index (κ1) is 7.06. The molecule has 1 aromatic rings. The van der Waals surface area contributed by atoms with Gasteiger partial charge in [-0.2, -0.15) is 0 Å². The summed E-state index contributed by atoms with van der Waals surface area (Å²) in [7, 11) is 0. The third kappa shape index (κ3) is 1.26. The minimum Gasteiger partial charge on any atom is -0.399 e. The summed E-state index contributed by atoms with van der Waals surface area (Å²) in [6.45, 7) is 3.61. The SMILES string of the molecule is [CH2]Cc1cc(F)ccc1N. The van der Waals surface area contributed by atoms with E-state index >= 15 is 0 Å². The molecule has 0 saturated carbocycles. The van der Waals surface area contributed by atoms with Gasteiger partial charge in [-0.15, -0.1) is 0 Å². The number of nitrogen functional groups attached to an aromatic ring is 1. The quantitative estimate of drug-likeness (QED) is 0.588. The van der Waals surface area contributed by atoms with Gasteiger partial charge in [0, 0.05) is 5.69 Å². The number of hydrogen-bond donors (Lipinski definition) is 1. The van der Waals surface area contributed by atoms with E-state index in [1.54, 1.807) is 6.07 Å². The molecule has 0 aromatic heterocycles. The van der Waals surface area contributed by atoms with Gasteiger partial charge in [-0.3, -0.25) is 0 Å². The second kappa shape index (κ2) is 2.69. The van der Waals surface area contributed by atoms with E-state index in [0.29, 0.717) is 12.1 Å². The lowest BCUT2D eigenvalue weighted by Crippen LogP contribution is -1.92. The molecule has 2 heteroatoms. The fraction of sp³-hybridized carbons (Fsp3) is 0.125. The lowest BCUT2D eigenvalue weighted by molar-refractivity contribution is 0.626. The van der Waals surface area contributed by atoms with E-state index in [4.69, 9.17) is 5.73 Å². The molecule has 0 saturated heterocycles. The van der Waals surface area contributed by atoms with Gasteiger partial charge in [0.15, 0.2) is 0 Å². The summed E-state index contributed by atoms with van der Waals surface area (Å²) in [5, 5.41) is 0. The van der Waals surface area contributed by atoms with Crippen LogP contribution >= 0.6 is 0 Å². The molecule has 53 valence electrons. The highest BCUT2D eigenvalue weighted by Crippen LogP contribution is 2.12. The van der Waals surface area contributed by atoms with Gasteiger partial charge >= 0.3 is 0 Å². The smallest absolute Gasteiger partial charge is 0.123 e. The van der Waals surface area contributed by atoms with Crippen LogP contribution in [0.25, 0.3) is 0 Å². The van der Waals surface area contributed by atoms with Crippen molar-refractivity contribution in [2.75, 3.05) is 5.73 Å². The van der Waals surface area contributed by atoms with E-state index in [9.17, 15) is 4.39 Å². The summed E-state index contributed by atoms with van der Waals surface area (Å²) >= 11 is 0. The minimum absolute atomic E-state index is 0.257. The Morgan fingerprint density at radius 3 is 2.70 bits per heavy atom. The number of halogens is 1. The second-order valence-electron chi connectivity index (χ2n) is 2.09. The molecule has 0 spiro atoms. The molecule has 0 unspecified atom stereocenters. The van der Waals surface area contributed by atoms with Crippen molar-refractivity contribution in [1.82, 2.24) is 0 Å². The van der Waals surface area contributed by atoms with E-state index in [-0.39, 0.29) is 5.82 Å². The van der Waals surface area contributed by atoms with Crippen LogP contribution in [0.1, 0.15) is 5.56 Å². The third-order valence-corrected chi connectivity index (χ3v) is 1.37. The van der Waals surface area contributed by atoms with Crippen molar-refractivity contribution < 1.29 is 4.39 Å². The first-order valence-electron chi connectivity index (χ1n) is 3.07. The zero-order valence-corrected chi connectivity index (χ0v) is 5.60. The first-order chi connectivity index (χ1) is 4.74. The predicted octanol–water partition coefficient (Wildman–Crippen LogP) is 1.78. The molecule has 1 rings (SSSR count). The average molecular weight is 138 g/mol. The monoisotopic (exact) mass is 138 g/mol. The van der Waals surface area contributed by atoms with Gasteiger partial charge in [0.05, 0.1) is 0 Å². The number of anilines is 1. The zero-order chi connectivity index (χ0) is 7.56. The molecule has 0 bridgehead atoms. The number of benzene rings is 1. The summed E-state index contributed by atoms with van der Waals surface area (Å²) in [6, 6.07) is 4.30. The molecule has 10 heavy (non-hydrogen) atoms. The zero-order valence-electron chi connectivity index (χ0n) is 5.60. The predicted molar refractivity (Wildman–Crippen MR) is 39.9 cm³/mol. The van der Waals surface area contributed by atoms with E-state index in [2.05, 4.69) is 6.92 Å². The topological polar surface area (TPSA) is 26.0 Å².